The van der Waals surface area contributed by atoms with E-state index in [-0.39, 0.29) is 11.7 Å². The van der Waals surface area contributed by atoms with Crippen molar-refractivity contribution in [2.45, 2.75) is 51.0 Å². The zero-order chi connectivity index (χ0) is 13.9. The third-order valence-corrected chi connectivity index (χ3v) is 4.53. The molecule has 1 aliphatic rings. The van der Waals surface area contributed by atoms with Gasteiger partial charge in [-0.3, -0.25) is 0 Å². The first-order valence-electron chi connectivity index (χ1n) is 7.70. The van der Waals surface area contributed by atoms with Crippen LogP contribution in [0.15, 0.2) is 23.0 Å². The highest BCUT2D eigenvalue weighted by Gasteiger charge is 2.17. The predicted molar refractivity (Wildman–Crippen MR) is 81.7 cm³/mol. The van der Waals surface area contributed by atoms with Gasteiger partial charge in [-0.15, -0.1) is 0 Å². The van der Waals surface area contributed by atoms with Gasteiger partial charge in [-0.25, -0.2) is 4.79 Å². The number of hydrogen-bond donors (Lipinski definition) is 3. The van der Waals surface area contributed by atoms with Crippen molar-refractivity contribution < 1.29 is 0 Å². The zero-order valence-corrected chi connectivity index (χ0v) is 11.8. The van der Waals surface area contributed by atoms with Crippen molar-refractivity contribution in [3.8, 4) is 0 Å². The van der Waals surface area contributed by atoms with Crippen LogP contribution in [0, 0.1) is 5.92 Å². The van der Waals surface area contributed by atoms with Crippen molar-refractivity contribution in [3.05, 3.63) is 34.2 Å². The van der Waals surface area contributed by atoms with E-state index in [2.05, 4.69) is 9.97 Å². The van der Waals surface area contributed by atoms with Crippen LogP contribution in [0.5, 0.6) is 0 Å². The Labute approximate surface area is 118 Å². The molecule has 2 aromatic rings. The molecule has 1 aromatic heterocycles. The van der Waals surface area contributed by atoms with E-state index >= 15 is 0 Å². The molecule has 1 fully saturated rings. The first-order valence-corrected chi connectivity index (χ1v) is 7.70. The fourth-order valence-electron chi connectivity index (χ4n) is 3.38. The molecule has 1 saturated carbocycles. The number of imidazole rings is 1. The summed E-state index contributed by atoms with van der Waals surface area (Å²) in [4.78, 5) is 16.8. The number of aromatic nitrogens is 2. The molecule has 108 valence electrons. The van der Waals surface area contributed by atoms with Crippen LogP contribution in [-0.4, -0.2) is 9.97 Å². The quantitative estimate of drug-likeness (QED) is 0.751. The van der Waals surface area contributed by atoms with Gasteiger partial charge in [0.15, 0.2) is 0 Å². The molecule has 1 unspecified atom stereocenters. The predicted octanol–water partition coefficient (Wildman–Crippen LogP) is 3.22. The molecule has 0 amide bonds. The standard InChI is InChI=1S/C16H23N3O/c17-13(9-11-5-3-1-2-4-6-11)12-7-8-14-15(10-12)19-16(20)18-14/h7-8,10-11,13H,1-6,9,17H2,(H2,18,19,20). The summed E-state index contributed by atoms with van der Waals surface area (Å²) in [6.07, 6.45) is 9.14. The maximum atomic E-state index is 11.3. The summed E-state index contributed by atoms with van der Waals surface area (Å²) in [5.41, 5.74) is 9.04. The van der Waals surface area contributed by atoms with Crippen LogP contribution >= 0.6 is 0 Å². The third-order valence-electron chi connectivity index (χ3n) is 4.53. The summed E-state index contributed by atoms with van der Waals surface area (Å²) < 4.78 is 0. The second-order valence-electron chi connectivity index (χ2n) is 6.08. The van der Waals surface area contributed by atoms with Crippen LogP contribution in [0.3, 0.4) is 0 Å². The van der Waals surface area contributed by atoms with Crippen LogP contribution in [0.4, 0.5) is 0 Å². The maximum Gasteiger partial charge on any atom is 0.323 e. The minimum absolute atomic E-state index is 0.0703. The fourth-order valence-corrected chi connectivity index (χ4v) is 3.38. The first-order chi connectivity index (χ1) is 9.72. The van der Waals surface area contributed by atoms with E-state index in [9.17, 15) is 4.79 Å². The number of hydrogen-bond acceptors (Lipinski definition) is 2. The highest BCUT2D eigenvalue weighted by molar-refractivity contribution is 5.75. The molecular formula is C16H23N3O. The van der Waals surface area contributed by atoms with Gasteiger partial charge >= 0.3 is 5.69 Å². The summed E-state index contributed by atoms with van der Waals surface area (Å²) in [6, 6.07) is 6.05. The average molecular weight is 273 g/mol. The Morgan fingerprint density at radius 1 is 1.10 bits per heavy atom. The Morgan fingerprint density at radius 3 is 2.55 bits per heavy atom. The van der Waals surface area contributed by atoms with E-state index in [1.165, 1.54) is 38.5 Å². The lowest BCUT2D eigenvalue weighted by Crippen LogP contribution is -2.15. The van der Waals surface area contributed by atoms with Crippen molar-refractivity contribution in [1.82, 2.24) is 9.97 Å². The largest absolute Gasteiger partial charge is 0.324 e. The lowest BCUT2D eigenvalue weighted by molar-refractivity contribution is 0.393. The van der Waals surface area contributed by atoms with Gasteiger partial charge in [0.05, 0.1) is 11.0 Å². The van der Waals surface area contributed by atoms with Crippen molar-refractivity contribution in [2.75, 3.05) is 0 Å². The average Bonchev–Trinajstić information content (AvgIpc) is 2.62. The van der Waals surface area contributed by atoms with Crippen LogP contribution in [0.25, 0.3) is 11.0 Å². The van der Waals surface area contributed by atoms with Crippen molar-refractivity contribution in [1.29, 1.82) is 0 Å². The van der Waals surface area contributed by atoms with Gasteiger partial charge in [-0.05, 0) is 30.0 Å². The molecule has 1 aliphatic carbocycles. The highest BCUT2D eigenvalue weighted by Crippen LogP contribution is 2.30. The molecule has 3 rings (SSSR count). The van der Waals surface area contributed by atoms with Gasteiger partial charge in [-0.2, -0.15) is 0 Å². The highest BCUT2D eigenvalue weighted by atomic mass is 16.1. The second kappa shape index (κ2) is 5.83. The molecule has 4 N–H and O–H groups in total. The molecule has 20 heavy (non-hydrogen) atoms. The lowest BCUT2D eigenvalue weighted by atomic mass is 9.90. The van der Waals surface area contributed by atoms with Crippen LogP contribution in [0.2, 0.25) is 0 Å². The third kappa shape index (κ3) is 2.96. The summed E-state index contributed by atoms with van der Waals surface area (Å²) in [5.74, 6) is 0.758. The zero-order valence-electron chi connectivity index (χ0n) is 11.8. The maximum absolute atomic E-state index is 11.3. The summed E-state index contributed by atoms with van der Waals surface area (Å²) >= 11 is 0. The Kier molecular flexibility index (Phi) is 3.92. The van der Waals surface area contributed by atoms with E-state index in [1.807, 2.05) is 18.2 Å². The summed E-state index contributed by atoms with van der Waals surface area (Å²) in [7, 11) is 0. The number of H-pyrrole nitrogens is 2. The summed E-state index contributed by atoms with van der Waals surface area (Å²) in [6.45, 7) is 0. The van der Waals surface area contributed by atoms with Crippen LogP contribution in [-0.2, 0) is 0 Å². The minimum atomic E-state index is -0.158. The molecule has 1 heterocycles. The van der Waals surface area contributed by atoms with Crippen molar-refractivity contribution in [3.63, 3.8) is 0 Å². The first kappa shape index (κ1) is 13.4. The lowest BCUT2D eigenvalue weighted by Gasteiger charge is -2.19. The van der Waals surface area contributed by atoms with Crippen LogP contribution in [0.1, 0.15) is 56.6 Å². The smallest absolute Gasteiger partial charge is 0.323 e. The topological polar surface area (TPSA) is 74.7 Å². The Bertz CT molecular complexity index is 620. The molecule has 0 bridgehead atoms. The number of benzene rings is 1. The number of nitrogens with one attached hydrogen (secondary N) is 2. The Hall–Kier alpha value is -1.55. The summed E-state index contributed by atoms with van der Waals surface area (Å²) in [5, 5.41) is 0. The number of aromatic amines is 2. The van der Waals surface area contributed by atoms with Gasteiger partial charge in [0.2, 0.25) is 0 Å². The van der Waals surface area contributed by atoms with E-state index in [1.54, 1.807) is 0 Å². The van der Waals surface area contributed by atoms with Crippen molar-refractivity contribution >= 4 is 11.0 Å². The number of nitrogens with two attached hydrogens (primary N) is 1. The van der Waals surface area contributed by atoms with Gasteiger partial charge < -0.3 is 15.7 Å². The minimum Gasteiger partial charge on any atom is -0.324 e. The SMILES string of the molecule is NC(CC1CCCCCC1)c1ccc2[nH]c(=O)[nH]c2c1. The fraction of sp³-hybridized carbons (Fsp3) is 0.562. The molecule has 4 nitrogen and oxygen atoms in total. The molecule has 0 aliphatic heterocycles. The van der Waals surface area contributed by atoms with Gasteiger partial charge in [0.25, 0.3) is 0 Å². The van der Waals surface area contributed by atoms with Gasteiger partial charge in [0.1, 0.15) is 0 Å². The molecule has 4 heteroatoms. The molecule has 1 atom stereocenters. The second-order valence-corrected chi connectivity index (χ2v) is 6.08. The molecular weight excluding hydrogens is 250 g/mol. The van der Waals surface area contributed by atoms with E-state index in [4.69, 9.17) is 5.73 Å². The number of fused-ring (bicyclic) bond motifs is 1. The molecule has 0 radical (unpaired) electrons. The van der Waals surface area contributed by atoms with Gasteiger partial charge in [0, 0.05) is 6.04 Å². The molecule has 0 spiro atoms. The van der Waals surface area contributed by atoms with E-state index in [0.717, 1.165) is 28.9 Å². The molecule has 1 aromatic carbocycles. The van der Waals surface area contributed by atoms with E-state index in [0.29, 0.717) is 0 Å². The van der Waals surface area contributed by atoms with Crippen molar-refractivity contribution in [2.24, 2.45) is 11.7 Å². The van der Waals surface area contributed by atoms with E-state index < -0.39 is 0 Å². The van der Waals surface area contributed by atoms with Crippen LogP contribution < -0.4 is 11.4 Å². The monoisotopic (exact) mass is 273 g/mol. The normalized spacial score (nSPS) is 19.1. The number of rotatable bonds is 3. The Morgan fingerprint density at radius 2 is 1.80 bits per heavy atom. The Balaban J connectivity index is 1.73. The van der Waals surface area contributed by atoms with Gasteiger partial charge in [-0.1, -0.05) is 44.6 Å². The molecule has 0 saturated heterocycles.